The number of thiazole rings is 1. The monoisotopic (exact) mass is 539 g/mol. The van der Waals surface area contributed by atoms with Crippen LogP contribution in [0.4, 0.5) is 16.0 Å². The normalized spacial score (nSPS) is 14.3. The van der Waals surface area contributed by atoms with Crippen LogP contribution in [-0.2, 0) is 19.9 Å². The number of nitrogens with zero attached hydrogens (tertiary/aromatic N) is 3. The molecule has 2 aromatic heterocycles. The molecule has 0 saturated heterocycles. The average Bonchev–Trinajstić information content (AvgIpc) is 3.54. The molecule has 2 N–H and O–H groups in total. The molecule has 1 aliphatic rings. The summed E-state index contributed by atoms with van der Waals surface area (Å²) < 4.78 is 64.4. The van der Waals surface area contributed by atoms with Crippen molar-refractivity contribution in [1.82, 2.24) is 15.0 Å². The first-order valence-electron chi connectivity index (χ1n) is 11.0. The van der Waals surface area contributed by atoms with E-state index in [1.807, 2.05) is 13.8 Å². The molecule has 0 atom stereocenters. The molecule has 0 radical (unpaired) electrons. The molecule has 0 amide bonds. The first-order valence-corrected chi connectivity index (χ1v) is 15.4. The van der Waals surface area contributed by atoms with E-state index in [4.69, 9.17) is 4.98 Å². The molecule has 0 spiro atoms. The number of sulfonamides is 1. The van der Waals surface area contributed by atoms with Crippen LogP contribution in [0.1, 0.15) is 37.6 Å². The van der Waals surface area contributed by atoms with Crippen LogP contribution in [0.3, 0.4) is 0 Å². The zero-order chi connectivity index (χ0) is 25.4. The van der Waals surface area contributed by atoms with E-state index in [-0.39, 0.29) is 29.9 Å². The van der Waals surface area contributed by atoms with Crippen molar-refractivity contribution in [3.05, 3.63) is 41.3 Å². The fourth-order valence-corrected chi connectivity index (χ4v) is 6.16. The van der Waals surface area contributed by atoms with Crippen molar-refractivity contribution in [1.29, 1.82) is 0 Å². The Balaban J connectivity index is 1.70. The van der Waals surface area contributed by atoms with Gasteiger partial charge < -0.3 is 5.32 Å². The van der Waals surface area contributed by atoms with Gasteiger partial charge in [0.1, 0.15) is 15.7 Å². The van der Waals surface area contributed by atoms with Gasteiger partial charge in [0, 0.05) is 30.5 Å². The summed E-state index contributed by atoms with van der Waals surface area (Å²) in [5, 5.41) is 3.27. The van der Waals surface area contributed by atoms with Gasteiger partial charge in [-0.3, -0.25) is 4.72 Å². The molecule has 0 bridgehead atoms. The number of benzene rings is 1. The summed E-state index contributed by atoms with van der Waals surface area (Å²) in [7, 11) is -6.77. The van der Waals surface area contributed by atoms with Gasteiger partial charge in [0.15, 0.2) is 0 Å². The fraction of sp³-hybridized carbons (Fsp3) is 0.409. The van der Waals surface area contributed by atoms with Gasteiger partial charge in [0.25, 0.3) is 0 Å². The Kier molecular flexibility index (Phi) is 7.11. The average molecular weight is 540 g/mol. The van der Waals surface area contributed by atoms with Gasteiger partial charge in [-0.05, 0) is 37.1 Å². The summed E-state index contributed by atoms with van der Waals surface area (Å²) in [5.74, 6) is -0.333. The van der Waals surface area contributed by atoms with Crippen LogP contribution in [0.5, 0.6) is 0 Å². The summed E-state index contributed by atoms with van der Waals surface area (Å²) in [4.78, 5) is 14.1. The first kappa shape index (κ1) is 25.5. The molecule has 0 aliphatic heterocycles. The third-order valence-corrected chi connectivity index (χ3v) is 9.41. The van der Waals surface area contributed by atoms with Crippen molar-refractivity contribution < 1.29 is 21.2 Å². The zero-order valence-electron chi connectivity index (χ0n) is 19.4. The highest BCUT2D eigenvalue weighted by Crippen LogP contribution is 2.40. The summed E-state index contributed by atoms with van der Waals surface area (Å²) >= 11 is 1.43. The van der Waals surface area contributed by atoms with E-state index in [9.17, 15) is 21.2 Å². The molecule has 3 aromatic rings. The molecule has 9 nitrogen and oxygen atoms in total. The number of hydrogen-bond acceptors (Lipinski definition) is 9. The number of halogens is 1. The van der Waals surface area contributed by atoms with Crippen LogP contribution < -0.4 is 10.0 Å². The summed E-state index contributed by atoms with van der Waals surface area (Å²) in [5.41, 5.74) is 1.53. The van der Waals surface area contributed by atoms with E-state index in [0.29, 0.717) is 34.7 Å². The third kappa shape index (κ3) is 6.33. The number of aromatic nitrogens is 3. The first-order chi connectivity index (χ1) is 16.4. The molecule has 188 valence electrons. The lowest BCUT2D eigenvalue weighted by Gasteiger charge is -2.10. The van der Waals surface area contributed by atoms with Crippen molar-refractivity contribution in [2.24, 2.45) is 0 Å². The maximum absolute atomic E-state index is 14.5. The molecule has 1 aromatic carbocycles. The Bertz CT molecular complexity index is 1450. The molecule has 2 heterocycles. The molecule has 1 fully saturated rings. The van der Waals surface area contributed by atoms with Crippen molar-refractivity contribution >= 4 is 42.8 Å². The van der Waals surface area contributed by atoms with Crippen LogP contribution in [0.2, 0.25) is 0 Å². The zero-order valence-corrected chi connectivity index (χ0v) is 21.9. The molecule has 4 rings (SSSR count). The highest BCUT2D eigenvalue weighted by Gasteiger charge is 2.36. The molecule has 0 unspecified atom stereocenters. The topological polar surface area (TPSA) is 131 Å². The molecule has 1 aliphatic carbocycles. The van der Waals surface area contributed by atoms with Crippen molar-refractivity contribution in [3.8, 4) is 21.8 Å². The Hall–Kier alpha value is -2.64. The van der Waals surface area contributed by atoms with Gasteiger partial charge in [-0.15, -0.1) is 11.3 Å². The molecule has 35 heavy (non-hydrogen) atoms. The van der Waals surface area contributed by atoms with E-state index < -0.39 is 30.9 Å². The van der Waals surface area contributed by atoms with Gasteiger partial charge in [-0.1, -0.05) is 13.8 Å². The lowest BCUT2D eigenvalue weighted by molar-refractivity contribution is 0.597. The maximum atomic E-state index is 14.5. The molecule has 1 saturated carbocycles. The Labute approximate surface area is 208 Å². The van der Waals surface area contributed by atoms with Gasteiger partial charge in [-0.25, -0.2) is 36.2 Å². The lowest BCUT2D eigenvalue weighted by atomic mass is 10.1. The van der Waals surface area contributed by atoms with Gasteiger partial charge in [-0.2, -0.15) is 0 Å². The van der Waals surface area contributed by atoms with Crippen LogP contribution in [0.25, 0.3) is 21.8 Å². The standard InChI is InChI=1S/C22H26FN5O4S3/c1-13(2)21-27-19(14-4-7-16(23)18(12-14)28-35(31,32)15-5-6-15)20(33-21)17-8-9-24-22(26-17)25-10-11-34(3,29)30/h4,7-9,12-13,15,28H,5-6,10-11H2,1-3H3,(H,24,25,26). The number of hydrogen-bond donors (Lipinski definition) is 2. The van der Waals surface area contributed by atoms with Crippen LogP contribution >= 0.6 is 11.3 Å². The highest BCUT2D eigenvalue weighted by atomic mass is 32.2. The van der Waals surface area contributed by atoms with Crippen molar-refractivity contribution in [3.63, 3.8) is 0 Å². The molecular formula is C22H26FN5O4S3. The predicted octanol–water partition coefficient (Wildman–Crippen LogP) is 3.89. The maximum Gasteiger partial charge on any atom is 0.235 e. The molecular weight excluding hydrogens is 513 g/mol. The van der Waals surface area contributed by atoms with E-state index in [2.05, 4.69) is 20.0 Å². The minimum Gasteiger partial charge on any atom is -0.353 e. The summed E-state index contributed by atoms with van der Waals surface area (Å²) in [6, 6.07) is 5.93. The SMILES string of the molecule is CC(C)c1nc(-c2ccc(F)c(NS(=O)(=O)C3CC3)c2)c(-c2ccnc(NCCS(C)(=O)=O)n2)s1. The smallest absolute Gasteiger partial charge is 0.235 e. The predicted molar refractivity (Wildman–Crippen MR) is 136 cm³/mol. The number of anilines is 2. The quantitative estimate of drug-likeness (QED) is 0.397. The second-order valence-electron chi connectivity index (χ2n) is 8.75. The van der Waals surface area contributed by atoms with E-state index in [1.165, 1.54) is 23.5 Å². The highest BCUT2D eigenvalue weighted by molar-refractivity contribution is 7.93. The number of sulfone groups is 1. The third-order valence-electron chi connectivity index (χ3n) is 5.24. The lowest BCUT2D eigenvalue weighted by Crippen LogP contribution is -2.18. The Morgan fingerprint density at radius 2 is 1.89 bits per heavy atom. The summed E-state index contributed by atoms with van der Waals surface area (Å²) in [6.07, 6.45) is 3.85. The van der Waals surface area contributed by atoms with Crippen LogP contribution in [-0.4, -0.2) is 55.6 Å². The largest absolute Gasteiger partial charge is 0.353 e. The van der Waals surface area contributed by atoms with Crippen molar-refractivity contribution in [2.45, 2.75) is 37.9 Å². The van der Waals surface area contributed by atoms with Gasteiger partial charge >= 0.3 is 0 Å². The number of nitrogens with one attached hydrogen (secondary N) is 2. The van der Waals surface area contributed by atoms with E-state index in [1.54, 1.807) is 18.3 Å². The second-order valence-corrected chi connectivity index (χ2v) is 14.0. The van der Waals surface area contributed by atoms with E-state index >= 15 is 0 Å². The fourth-order valence-electron chi connectivity index (χ4n) is 3.24. The molecule has 13 heteroatoms. The van der Waals surface area contributed by atoms with Crippen LogP contribution in [0, 0.1) is 5.82 Å². The van der Waals surface area contributed by atoms with E-state index in [0.717, 1.165) is 11.3 Å². The minimum atomic E-state index is -3.64. The van der Waals surface area contributed by atoms with Gasteiger partial charge in [0.2, 0.25) is 16.0 Å². The second kappa shape index (κ2) is 9.78. The Morgan fingerprint density at radius 1 is 1.14 bits per heavy atom. The number of rotatable bonds is 10. The Morgan fingerprint density at radius 3 is 2.54 bits per heavy atom. The van der Waals surface area contributed by atoms with Gasteiger partial charge in [0.05, 0.1) is 38.0 Å². The minimum absolute atomic E-state index is 0.0565. The summed E-state index contributed by atoms with van der Waals surface area (Å²) in [6.45, 7) is 4.17. The van der Waals surface area contributed by atoms with Crippen molar-refractivity contribution in [2.75, 3.05) is 28.6 Å². The van der Waals surface area contributed by atoms with Crippen LogP contribution in [0.15, 0.2) is 30.5 Å².